The Kier molecular flexibility index (Phi) is 10.9. The molecule has 0 spiro atoms. The molecule has 0 bridgehead atoms. The molecule has 2 amide bonds. The van der Waals surface area contributed by atoms with E-state index in [2.05, 4.69) is 16.0 Å². The maximum atomic E-state index is 13.2. The smallest absolute Gasteiger partial charge is 0.246 e. The summed E-state index contributed by atoms with van der Waals surface area (Å²) in [4.78, 5) is 25.0. The maximum Gasteiger partial charge on any atom is 0.246 e. The van der Waals surface area contributed by atoms with Gasteiger partial charge in [-0.05, 0) is 41.8 Å². The molecule has 1 unspecified atom stereocenters. The van der Waals surface area contributed by atoms with Crippen molar-refractivity contribution in [3.63, 3.8) is 0 Å². The fourth-order valence-corrected chi connectivity index (χ4v) is 3.85. The summed E-state index contributed by atoms with van der Waals surface area (Å²) in [5, 5.41) is 19.9. The van der Waals surface area contributed by atoms with E-state index in [9.17, 15) is 14.7 Å². The van der Waals surface area contributed by atoms with Gasteiger partial charge >= 0.3 is 0 Å². The Bertz CT molecular complexity index is 1110. The van der Waals surface area contributed by atoms with Crippen LogP contribution in [0.25, 0.3) is 0 Å². The van der Waals surface area contributed by atoms with E-state index in [1.165, 1.54) is 6.92 Å². The van der Waals surface area contributed by atoms with Crippen LogP contribution < -0.4 is 25.4 Å². The molecule has 0 aliphatic heterocycles. The van der Waals surface area contributed by atoms with Gasteiger partial charge < -0.3 is 30.5 Å². The first-order valence-electron chi connectivity index (χ1n) is 12.3. The Labute approximate surface area is 218 Å². The molecule has 0 aliphatic carbocycles. The zero-order chi connectivity index (χ0) is 26.5. The van der Waals surface area contributed by atoms with E-state index in [0.717, 1.165) is 16.9 Å². The highest BCUT2D eigenvalue weighted by atomic mass is 16.5. The van der Waals surface area contributed by atoms with Crippen LogP contribution >= 0.6 is 0 Å². The summed E-state index contributed by atoms with van der Waals surface area (Å²) in [7, 11) is 1.62. The number of benzene rings is 3. The molecule has 3 aromatic carbocycles. The Balaban J connectivity index is 1.66. The monoisotopic (exact) mass is 505 g/mol. The maximum absolute atomic E-state index is 13.2. The van der Waals surface area contributed by atoms with Crippen LogP contribution in [0.15, 0.2) is 84.9 Å². The topological polar surface area (TPSA) is 109 Å². The zero-order valence-corrected chi connectivity index (χ0v) is 21.2. The Morgan fingerprint density at radius 3 is 2.19 bits per heavy atom. The molecule has 37 heavy (non-hydrogen) atoms. The number of ether oxygens (including phenoxy) is 2. The van der Waals surface area contributed by atoms with E-state index in [1.54, 1.807) is 19.2 Å². The van der Waals surface area contributed by atoms with Crippen molar-refractivity contribution in [1.82, 2.24) is 16.0 Å². The Morgan fingerprint density at radius 2 is 1.51 bits per heavy atom. The van der Waals surface area contributed by atoms with Gasteiger partial charge in [-0.15, -0.1) is 0 Å². The van der Waals surface area contributed by atoms with E-state index < -0.39 is 24.1 Å². The molecule has 3 aromatic rings. The molecule has 3 rings (SSSR count). The van der Waals surface area contributed by atoms with E-state index in [0.29, 0.717) is 18.7 Å². The van der Waals surface area contributed by atoms with Crippen LogP contribution in [0, 0.1) is 0 Å². The molecule has 0 heterocycles. The molecule has 0 fully saturated rings. The van der Waals surface area contributed by atoms with E-state index in [4.69, 9.17) is 9.47 Å². The van der Waals surface area contributed by atoms with Crippen LogP contribution in [-0.2, 0) is 22.6 Å². The lowest BCUT2D eigenvalue weighted by molar-refractivity contribution is -0.129. The average Bonchev–Trinajstić information content (AvgIpc) is 2.91. The van der Waals surface area contributed by atoms with Gasteiger partial charge in [-0.2, -0.15) is 0 Å². The number of methoxy groups -OCH3 is 1. The number of carbonyl (C=O) groups is 2. The van der Waals surface area contributed by atoms with Gasteiger partial charge in [-0.25, -0.2) is 0 Å². The number of aliphatic hydroxyl groups is 1. The van der Waals surface area contributed by atoms with Crippen LogP contribution in [-0.4, -0.2) is 55.4 Å². The largest absolute Gasteiger partial charge is 0.497 e. The van der Waals surface area contributed by atoms with Gasteiger partial charge in [0.05, 0.1) is 19.3 Å². The van der Waals surface area contributed by atoms with Crippen LogP contribution in [0.4, 0.5) is 0 Å². The van der Waals surface area contributed by atoms with Crippen molar-refractivity contribution in [2.45, 2.75) is 38.1 Å². The first-order valence-corrected chi connectivity index (χ1v) is 12.3. The van der Waals surface area contributed by atoms with Gasteiger partial charge in [0.15, 0.2) is 0 Å². The fraction of sp³-hybridized carbons (Fsp3) is 0.310. The van der Waals surface area contributed by atoms with Crippen LogP contribution in [0.1, 0.15) is 18.1 Å². The normalized spacial score (nSPS) is 13.2. The molecule has 8 nitrogen and oxygen atoms in total. The Hall–Kier alpha value is -3.88. The van der Waals surface area contributed by atoms with Crippen molar-refractivity contribution in [3.8, 4) is 11.5 Å². The third-order valence-electron chi connectivity index (χ3n) is 5.76. The number of para-hydroxylation sites is 1. The highest BCUT2D eigenvalue weighted by molar-refractivity contribution is 5.87. The second-order valence-corrected chi connectivity index (χ2v) is 8.73. The molecular formula is C29H35N3O5. The van der Waals surface area contributed by atoms with Crippen molar-refractivity contribution in [2.24, 2.45) is 0 Å². The van der Waals surface area contributed by atoms with Crippen molar-refractivity contribution >= 4 is 11.8 Å². The molecule has 4 N–H and O–H groups in total. The van der Waals surface area contributed by atoms with Crippen molar-refractivity contribution in [1.29, 1.82) is 0 Å². The van der Waals surface area contributed by atoms with Crippen LogP contribution in [0.2, 0.25) is 0 Å². The van der Waals surface area contributed by atoms with Gasteiger partial charge in [0.2, 0.25) is 11.8 Å². The molecule has 0 aliphatic rings. The standard InChI is InChI=1S/C29H35N3O5/c1-21(33)31-27(20-37-24-13-7-4-8-14-24)29(35)32-26(17-22-10-5-3-6-11-22)28(34)19-30-18-23-12-9-15-25(16-23)36-2/h3-16,26-28,30,34H,17-20H2,1-2H3,(H,31,33)(H,32,35)/t26-,27?,28+/m0/s1. The van der Waals surface area contributed by atoms with E-state index >= 15 is 0 Å². The molecule has 0 aromatic heterocycles. The SMILES string of the molecule is COc1cccc(CNC[C@@H](O)[C@H](Cc2ccccc2)NC(=O)C(COc2ccccc2)NC(C)=O)c1. The lowest BCUT2D eigenvalue weighted by Crippen LogP contribution is -2.56. The lowest BCUT2D eigenvalue weighted by atomic mass is 10.0. The summed E-state index contributed by atoms with van der Waals surface area (Å²) in [5.74, 6) is 0.569. The van der Waals surface area contributed by atoms with E-state index in [1.807, 2.05) is 72.8 Å². The summed E-state index contributed by atoms with van der Waals surface area (Å²) < 4.78 is 11.0. The first-order chi connectivity index (χ1) is 17.9. The predicted octanol–water partition coefficient (Wildman–Crippen LogP) is 2.46. The molecule has 8 heteroatoms. The highest BCUT2D eigenvalue weighted by Crippen LogP contribution is 2.13. The van der Waals surface area contributed by atoms with E-state index in [-0.39, 0.29) is 19.1 Å². The second kappa shape index (κ2) is 14.6. The number of amides is 2. The van der Waals surface area contributed by atoms with Gasteiger partial charge in [-0.3, -0.25) is 9.59 Å². The number of hydrogen-bond acceptors (Lipinski definition) is 6. The number of hydrogen-bond donors (Lipinski definition) is 4. The summed E-state index contributed by atoms with van der Waals surface area (Å²) in [6.45, 7) is 2.08. The van der Waals surface area contributed by atoms with Gasteiger partial charge in [0, 0.05) is 20.0 Å². The average molecular weight is 506 g/mol. The summed E-state index contributed by atoms with van der Waals surface area (Å²) >= 11 is 0. The number of nitrogens with one attached hydrogen (secondary N) is 3. The van der Waals surface area contributed by atoms with Gasteiger partial charge in [0.1, 0.15) is 24.1 Å². The third-order valence-corrected chi connectivity index (χ3v) is 5.76. The molecule has 3 atom stereocenters. The first kappa shape index (κ1) is 27.7. The quantitative estimate of drug-likeness (QED) is 0.268. The number of carbonyl (C=O) groups excluding carboxylic acids is 2. The molecule has 196 valence electrons. The zero-order valence-electron chi connectivity index (χ0n) is 21.2. The molecule has 0 saturated heterocycles. The van der Waals surface area contributed by atoms with Crippen molar-refractivity contribution in [2.75, 3.05) is 20.3 Å². The summed E-state index contributed by atoms with van der Waals surface area (Å²) in [5.41, 5.74) is 1.98. The predicted molar refractivity (Wildman–Crippen MR) is 142 cm³/mol. The van der Waals surface area contributed by atoms with Crippen LogP contribution in [0.3, 0.4) is 0 Å². The minimum Gasteiger partial charge on any atom is -0.497 e. The summed E-state index contributed by atoms with van der Waals surface area (Å²) in [6.07, 6.45) is -0.469. The number of aliphatic hydroxyl groups excluding tert-OH is 1. The fourth-order valence-electron chi connectivity index (χ4n) is 3.85. The highest BCUT2D eigenvalue weighted by Gasteiger charge is 2.27. The lowest BCUT2D eigenvalue weighted by Gasteiger charge is -2.27. The van der Waals surface area contributed by atoms with Gasteiger partial charge in [0.25, 0.3) is 0 Å². The Morgan fingerprint density at radius 1 is 0.865 bits per heavy atom. The van der Waals surface area contributed by atoms with Crippen molar-refractivity contribution < 1.29 is 24.2 Å². The van der Waals surface area contributed by atoms with Crippen molar-refractivity contribution in [3.05, 3.63) is 96.1 Å². The minimum atomic E-state index is -0.923. The summed E-state index contributed by atoms with van der Waals surface area (Å²) in [6, 6.07) is 24.8. The minimum absolute atomic E-state index is 0.0440. The molecular weight excluding hydrogens is 470 g/mol. The molecule has 0 saturated carbocycles. The third kappa shape index (κ3) is 9.59. The van der Waals surface area contributed by atoms with Crippen LogP contribution in [0.5, 0.6) is 11.5 Å². The number of rotatable bonds is 14. The van der Waals surface area contributed by atoms with Gasteiger partial charge in [-0.1, -0.05) is 60.7 Å². The molecule has 0 radical (unpaired) electrons. The second-order valence-electron chi connectivity index (χ2n) is 8.73.